The number of aromatic nitrogens is 2. The van der Waals surface area contributed by atoms with Crippen molar-refractivity contribution in [2.75, 3.05) is 6.54 Å². The van der Waals surface area contributed by atoms with Crippen LogP contribution in [0.3, 0.4) is 0 Å². The molecule has 3 amide bonds. The van der Waals surface area contributed by atoms with E-state index in [2.05, 4.69) is 27.4 Å². The van der Waals surface area contributed by atoms with E-state index in [0.717, 1.165) is 17.5 Å². The van der Waals surface area contributed by atoms with E-state index < -0.39 is 0 Å². The second kappa shape index (κ2) is 6.04. The minimum atomic E-state index is -0.203. The monoisotopic (exact) mass is 364 g/mol. The molecule has 2 heterocycles. The molecule has 2 aromatic rings. The second-order valence-corrected chi connectivity index (χ2v) is 7.56. The van der Waals surface area contributed by atoms with E-state index in [1.807, 2.05) is 24.3 Å². The molecule has 5 rings (SSSR count). The van der Waals surface area contributed by atoms with Crippen molar-refractivity contribution in [1.29, 1.82) is 0 Å². The zero-order valence-electron chi connectivity index (χ0n) is 14.7. The van der Waals surface area contributed by atoms with E-state index in [4.69, 9.17) is 0 Å². The van der Waals surface area contributed by atoms with Crippen molar-refractivity contribution >= 4 is 28.8 Å². The minimum absolute atomic E-state index is 0.105. The van der Waals surface area contributed by atoms with Gasteiger partial charge in [0.15, 0.2) is 0 Å². The lowest BCUT2D eigenvalue weighted by atomic mass is 9.85. The highest BCUT2D eigenvalue weighted by Crippen LogP contribution is 2.52. The van der Waals surface area contributed by atoms with Gasteiger partial charge in [0.1, 0.15) is 5.82 Å². The van der Waals surface area contributed by atoms with Crippen molar-refractivity contribution in [3.63, 3.8) is 0 Å². The Morgan fingerprint density at radius 1 is 1.15 bits per heavy atom. The number of hydrogen-bond donors (Lipinski definition) is 2. The number of fused-ring (bicyclic) bond motifs is 6. The van der Waals surface area contributed by atoms with Crippen LogP contribution in [0.15, 0.2) is 36.4 Å². The SMILES string of the molecule is O=C(CCN1C(=O)C2C3C=CC(C3)C2C1=O)NCc1nc2ccccc2[nH]1. The summed E-state index contributed by atoms with van der Waals surface area (Å²) in [6.07, 6.45) is 5.17. The molecule has 2 aliphatic carbocycles. The smallest absolute Gasteiger partial charge is 0.233 e. The minimum Gasteiger partial charge on any atom is -0.349 e. The highest BCUT2D eigenvalue weighted by Gasteiger charge is 2.58. The molecule has 1 aromatic carbocycles. The number of rotatable bonds is 5. The summed E-state index contributed by atoms with van der Waals surface area (Å²) < 4.78 is 0. The number of nitrogens with zero attached hydrogens (tertiary/aromatic N) is 2. The first-order valence-corrected chi connectivity index (χ1v) is 9.35. The van der Waals surface area contributed by atoms with Crippen LogP contribution in [0.25, 0.3) is 11.0 Å². The maximum Gasteiger partial charge on any atom is 0.233 e. The van der Waals surface area contributed by atoms with Gasteiger partial charge in [-0.25, -0.2) is 4.98 Å². The van der Waals surface area contributed by atoms with Gasteiger partial charge >= 0.3 is 0 Å². The fourth-order valence-electron chi connectivity index (χ4n) is 4.76. The van der Waals surface area contributed by atoms with Gasteiger partial charge in [-0.05, 0) is 30.4 Å². The maximum atomic E-state index is 12.6. The third-order valence-electron chi connectivity index (χ3n) is 6.02. The van der Waals surface area contributed by atoms with Crippen LogP contribution in [0.1, 0.15) is 18.7 Å². The number of carbonyl (C=O) groups excluding carboxylic acids is 3. The van der Waals surface area contributed by atoms with Crippen LogP contribution in [0.4, 0.5) is 0 Å². The summed E-state index contributed by atoms with van der Waals surface area (Å²) in [6, 6.07) is 7.66. The van der Waals surface area contributed by atoms with Crippen molar-refractivity contribution < 1.29 is 14.4 Å². The predicted octanol–water partition coefficient (Wildman–Crippen LogP) is 1.38. The van der Waals surface area contributed by atoms with E-state index in [1.165, 1.54) is 4.90 Å². The zero-order valence-corrected chi connectivity index (χ0v) is 14.7. The molecule has 138 valence electrons. The molecule has 1 saturated heterocycles. The van der Waals surface area contributed by atoms with E-state index in [-0.39, 0.29) is 60.9 Å². The number of H-pyrrole nitrogens is 1. The lowest BCUT2D eigenvalue weighted by Gasteiger charge is -2.16. The number of imide groups is 1. The van der Waals surface area contributed by atoms with Gasteiger partial charge in [0, 0.05) is 13.0 Å². The molecule has 3 aliphatic rings. The molecule has 1 aromatic heterocycles. The molecule has 4 unspecified atom stereocenters. The molecule has 1 aliphatic heterocycles. The molecule has 2 N–H and O–H groups in total. The summed E-state index contributed by atoms with van der Waals surface area (Å²) in [5.74, 6) is 0.257. The summed E-state index contributed by atoms with van der Waals surface area (Å²) in [7, 11) is 0. The number of nitrogens with one attached hydrogen (secondary N) is 2. The van der Waals surface area contributed by atoms with Crippen LogP contribution in [-0.2, 0) is 20.9 Å². The Hall–Kier alpha value is -2.96. The van der Waals surface area contributed by atoms with Gasteiger partial charge in [0.2, 0.25) is 17.7 Å². The van der Waals surface area contributed by atoms with Crippen LogP contribution in [-0.4, -0.2) is 39.1 Å². The molecule has 0 spiro atoms. The van der Waals surface area contributed by atoms with Crippen LogP contribution in [0.5, 0.6) is 0 Å². The molecular weight excluding hydrogens is 344 g/mol. The first-order valence-electron chi connectivity index (χ1n) is 9.35. The average molecular weight is 364 g/mol. The Morgan fingerprint density at radius 3 is 2.56 bits per heavy atom. The summed E-state index contributed by atoms with van der Waals surface area (Å²) in [4.78, 5) is 46.2. The topological polar surface area (TPSA) is 95.2 Å². The van der Waals surface area contributed by atoms with Crippen LogP contribution in [0, 0.1) is 23.7 Å². The van der Waals surface area contributed by atoms with E-state index in [0.29, 0.717) is 5.82 Å². The number of allylic oxidation sites excluding steroid dienone is 2. The van der Waals surface area contributed by atoms with Crippen molar-refractivity contribution in [2.24, 2.45) is 23.7 Å². The Balaban J connectivity index is 1.16. The number of aromatic amines is 1. The maximum absolute atomic E-state index is 12.6. The summed E-state index contributed by atoms with van der Waals surface area (Å²) >= 11 is 0. The number of likely N-dealkylation sites (tertiary alicyclic amines) is 1. The van der Waals surface area contributed by atoms with Crippen molar-refractivity contribution in [3.05, 3.63) is 42.2 Å². The fourth-order valence-corrected chi connectivity index (χ4v) is 4.76. The van der Waals surface area contributed by atoms with Gasteiger partial charge in [-0.15, -0.1) is 0 Å². The lowest BCUT2D eigenvalue weighted by molar-refractivity contribution is -0.141. The number of amides is 3. The molecule has 7 nitrogen and oxygen atoms in total. The molecule has 4 atom stereocenters. The van der Waals surface area contributed by atoms with Crippen LogP contribution in [0.2, 0.25) is 0 Å². The zero-order chi connectivity index (χ0) is 18.5. The standard InChI is InChI=1S/C20H20N4O3/c25-16(21-10-15-22-13-3-1-2-4-14(13)23-15)7-8-24-19(26)17-11-5-6-12(9-11)18(17)20(24)27/h1-6,11-12,17-18H,7-10H2,(H,21,25)(H,22,23). The van der Waals surface area contributed by atoms with Crippen LogP contribution < -0.4 is 5.32 Å². The largest absolute Gasteiger partial charge is 0.349 e. The van der Waals surface area contributed by atoms with Crippen LogP contribution >= 0.6 is 0 Å². The molecule has 2 bridgehead atoms. The first-order chi connectivity index (χ1) is 13.1. The summed E-state index contributed by atoms with van der Waals surface area (Å²) in [5, 5.41) is 2.80. The molecule has 7 heteroatoms. The van der Waals surface area contributed by atoms with Crippen molar-refractivity contribution in [2.45, 2.75) is 19.4 Å². The van der Waals surface area contributed by atoms with Gasteiger partial charge in [-0.3, -0.25) is 19.3 Å². The predicted molar refractivity (Wildman–Crippen MR) is 97.0 cm³/mol. The van der Waals surface area contributed by atoms with E-state index >= 15 is 0 Å². The number of imidazole rings is 1. The Morgan fingerprint density at radius 2 is 1.85 bits per heavy atom. The number of benzene rings is 1. The fraction of sp³-hybridized carbons (Fsp3) is 0.400. The van der Waals surface area contributed by atoms with Gasteiger partial charge < -0.3 is 10.3 Å². The number of carbonyl (C=O) groups is 3. The van der Waals surface area contributed by atoms with Gasteiger partial charge in [0.05, 0.1) is 29.4 Å². The Labute approximate surface area is 155 Å². The summed E-state index contributed by atoms with van der Waals surface area (Å²) in [5.41, 5.74) is 1.77. The quantitative estimate of drug-likeness (QED) is 0.619. The van der Waals surface area contributed by atoms with Gasteiger partial charge in [-0.1, -0.05) is 24.3 Å². The number of hydrogen-bond acceptors (Lipinski definition) is 4. The highest BCUT2D eigenvalue weighted by molar-refractivity contribution is 6.06. The van der Waals surface area contributed by atoms with Crippen molar-refractivity contribution in [1.82, 2.24) is 20.2 Å². The highest BCUT2D eigenvalue weighted by atomic mass is 16.2. The molecular formula is C20H20N4O3. The van der Waals surface area contributed by atoms with E-state index in [9.17, 15) is 14.4 Å². The first kappa shape index (κ1) is 16.2. The Bertz CT molecular complexity index is 916. The average Bonchev–Trinajstić information content (AvgIpc) is 3.42. The van der Waals surface area contributed by atoms with E-state index in [1.54, 1.807) is 0 Å². The van der Waals surface area contributed by atoms with Gasteiger partial charge in [-0.2, -0.15) is 0 Å². The molecule has 2 fully saturated rings. The molecule has 27 heavy (non-hydrogen) atoms. The van der Waals surface area contributed by atoms with Gasteiger partial charge in [0.25, 0.3) is 0 Å². The Kier molecular flexibility index (Phi) is 3.63. The second-order valence-electron chi connectivity index (χ2n) is 7.56. The lowest BCUT2D eigenvalue weighted by Crippen LogP contribution is -2.36. The molecule has 1 saturated carbocycles. The summed E-state index contributed by atoms with van der Waals surface area (Å²) in [6.45, 7) is 0.435. The van der Waals surface area contributed by atoms with Crippen molar-refractivity contribution in [3.8, 4) is 0 Å². The molecule has 0 radical (unpaired) electrons. The third kappa shape index (κ3) is 2.57. The normalized spacial score (nSPS) is 28.4. The third-order valence-corrected chi connectivity index (χ3v) is 6.02. The number of para-hydroxylation sites is 2.